The first-order valence-corrected chi connectivity index (χ1v) is 6.93. The van der Waals surface area contributed by atoms with Crippen LogP contribution >= 0.6 is 0 Å². The van der Waals surface area contributed by atoms with Gasteiger partial charge in [0.15, 0.2) is 0 Å². The Morgan fingerprint density at radius 2 is 2.10 bits per heavy atom. The average Bonchev–Trinajstić information content (AvgIpc) is 2.50. The van der Waals surface area contributed by atoms with E-state index < -0.39 is 6.10 Å². The summed E-state index contributed by atoms with van der Waals surface area (Å²) in [4.78, 5) is 22.9. The molecular weight excluding hydrogens is 270 g/mol. The van der Waals surface area contributed by atoms with E-state index in [2.05, 4.69) is 15.8 Å². The second-order valence-corrected chi connectivity index (χ2v) is 4.79. The van der Waals surface area contributed by atoms with Gasteiger partial charge in [0.05, 0.1) is 5.71 Å². The third-order valence-corrected chi connectivity index (χ3v) is 3.34. The van der Waals surface area contributed by atoms with Gasteiger partial charge in [0.2, 0.25) is 5.91 Å². The second kappa shape index (κ2) is 6.99. The molecule has 0 aliphatic carbocycles. The molecule has 1 unspecified atom stereocenters. The zero-order chi connectivity index (χ0) is 15.2. The Labute approximate surface area is 123 Å². The third-order valence-electron chi connectivity index (χ3n) is 3.34. The molecule has 6 nitrogen and oxygen atoms in total. The van der Waals surface area contributed by atoms with Crippen molar-refractivity contribution in [3.8, 4) is 0 Å². The van der Waals surface area contributed by atoms with Gasteiger partial charge in [0.1, 0.15) is 6.10 Å². The maximum Gasteiger partial charge on any atom is 0.253 e. The molecule has 2 rings (SSSR count). The van der Waals surface area contributed by atoms with Crippen LogP contribution in [0.5, 0.6) is 0 Å². The van der Waals surface area contributed by atoms with Crippen molar-refractivity contribution in [3.05, 3.63) is 29.8 Å². The molecule has 0 aromatic heterocycles. The Bertz CT molecular complexity index is 548. The molecule has 21 heavy (non-hydrogen) atoms. The van der Waals surface area contributed by atoms with Gasteiger partial charge in [-0.3, -0.25) is 9.59 Å². The number of methoxy groups -OCH3 is 1. The number of rotatable bonds is 5. The van der Waals surface area contributed by atoms with E-state index in [4.69, 9.17) is 4.74 Å². The molecule has 1 heterocycles. The fourth-order valence-electron chi connectivity index (χ4n) is 2.11. The highest BCUT2D eigenvalue weighted by Gasteiger charge is 2.16. The smallest absolute Gasteiger partial charge is 0.253 e. The maximum absolute atomic E-state index is 11.9. The fraction of sp³-hybridized carbons (Fsp3) is 0.400. The molecule has 1 aromatic carbocycles. The van der Waals surface area contributed by atoms with Crippen LogP contribution in [-0.2, 0) is 14.3 Å². The Balaban J connectivity index is 2.02. The Hall–Kier alpha value is -2.21. The minimum atomic E-state index is -0.442. The van der Waals surface area contributed by atoms with E-state index in [1.54, 1.807) is 0 Å². The number of hydrazone groups is 1. The van der Waals surface area contributed by atoms with Gasteiger partial charge < -0.3 is 10.1 Å². The largest absolute Gasteiger partial charge is 0.372 e. The van der Waals surface area contributed by atoms with E-state index in [0.29, 0.717) is 24.9 Å². The molecule has 0 fully saturated rings. The topological polar surface area (TPSA) is 79.8 Å². The van der Waals surface area contributed by atoms with Crippen molar-refractivity contribution in [3.63, 3.8) is 0 Å². The molecule has 0 saturated carbocycles. The number of nitrogens with zero attached hydrogens (tertiary/aromatic N) is 1. The number of hydrogen-bond acceptors (Lipinski definition) is 4. The van der Waals surface area contributed by atoms with Gasteiger partial charge in [-0.25, -0.2) is 5.43 Å². The highest BCUT2D eigenvalue weighted by molar-refractivity contribution is 6.04. The van der Waals surface area contributed by atoms with Gasteiger partial charge in [-0.2, -0.15) is 5.10 Å². The highest BCUT2D eigenvalue weighted by atomic mass is 16.5. The van der Waals surface area contributed by atoms with Gasteiger partial charge in [0.25, 0.3) is 5.91 Å². The standard InChI is InChI=1S/C15H19N3O3/c1-3-13(21-2)15(20)16-11-6-4-10(5-7-11)12-8-9-14(19)18-17-12/h4-7,13H,3,8-9H2,1-2H3,(H,16,20)(H,18,19). The monoisotopic (exact) mass is 289 g/mol. The van der Waals surface area contributed by atoms with Crippen molar-refractivity contribution in [1.82, 2.24) is 5.43 Å². The molecule has 0 radical (unpaired) electrons. The number of carbonyl (C=O) groups excluding carboxylic acids is 2. The summed E-state index contributed by atoms with van der Waals surface area (Å²) in [5, 5.41) is 6.84. The summed E-state index contributed by atoms with van der Waals surface area (Å²) in [5.74, 6) is -0.220. The number of ether oxygens (including phenoxy) is 1. The van der Waals surface area contributed by atoms with E-state index >= 15 is 0 Å². The van der Waals surface area contributed by atoms with Crippen LogP contribution in [0.25, 0.3) is 0 Å². The second-order valence-electron chi connectivity index (χ2n) is 4.79. The minimum Gasteiger partial charge on any atom is -0.372 e. The van der Waals surface area contributed by atoms with Gasteiger partial charge in [0, 0.05) is 25.6 Å². The zero-order valence-corrected chi connectivity index (χ0v) is 12.2. The maximum atomic E-state index is 11.9. The van der Waals surface area contributed by atoms with Gasteiger partial charge in [-0.05, 0) is 24.1 Å². The SMILES string of the molecule is CCC(OC)C(=O)Nc1ccc(C2=NNC(=O)CC2)cc1. The summed E-state index contributed by atoms with van der Waals surface area (Å²) in [6, 6.07) is 7.38. The van der Waals surface area contributed by atoms with Crippen molar-refractivity contribution < 1.29 is 14.3 Å². The molecule has 0 saturated heterocycles. The van der Waals surface area contributed by atoms with Gasteiger partial charge in [-0.15, -0.1) is 0 Å². The summed E-state index contributed by atoms with van der Waals surface area (Å²) in [7, 11) is 1.52. The molecular formula is C15H19N3O3. The zero-order valence-electron chi connectivity index (χ0n) is 12.2. The lowest BCUT2D eigenvalue weighted by atomic mass is 10.0. The molecule has 6 heteroatoms. The van der Waals surface area contributed by atoms with Crippen LogP contribution in [0.2, 0.25) is 0 Å². The van der Waals surface area contributed by atoms with E-state index in [0.717, 1.165) is 11.3 Å². The summed E-state index contributed by atoms with van der Waals surface area (Å²) in [5.41, 5.74) is 4.96. The van der Waals surface area contributed by atoms with E-state index in [9.17, 15) is 9.59 Å². The molecule has 2 amide bonds. The number of benzene rings is 1. The van der Waals surface area contributed by atoms with Crippen LogP contribution in [0, 0.1) is 0 Å². The summed E-state index contributed by atoms with van der Waals surface area (Å²) in [6.07, 6.45) is 1.25. The molecule has 1 aliphatic heterocycles. The van der Waals surface area contributed by atoms with Crippen molar-refractivity contribution in [1.29, 1.82) is 0 Å². The molecule has 0 bridgehead atoms. The predicted octanol–water partition coefficient (Wildman–Crippen LogP) is 1.66. The van der Waals surface area contributed by atoms with Crippen molar-refractivity contribution in [2.24, 2.45) is 5.10 Å². The van der Waals surface area contributed by atoms with Crippen molar-refractivity contribution in [2.75, 3.05) is 12.4 Å². The Morgan fingerprint density at radius 1 is 1.38 bits per heavy atom. The first-order valence-electron chi connectivity index (χ1n) is 6.93. The molecule has 1 aromatic rings. The number of carbonyl (C=O) groups is 2. The summed E-state index contributed by atoms with van der Waals surface area (Å²) in [6.45, 7) is 1.90. The Kier molecular flexibility index (Phi) is 5.05. The number of hydrogen-bond donors (Lipinski definition) is 2. The van der Waals surface area contributed by atoms with Gasteiger partial charge in [-0.1, -0.05) is 19.1 Å². The van der Waals surface area contributed by atoms with Crippen LogP contribution in [-0.4, -0.2) is 30.7 Å². The number of anilines is 1. The predicted molar refractivity (Wildman–Crippen MR) is 80.1 cm³/mol. The van der Waals surface area contributed by atoms with Crippen LogP contribution in [0.4, 0.5) is 5.69 Å². The third kappa shape index (κ3) is 3.88. The van der Waals surface area contributed by atoms with Crippen LogP contribution < -0.4 is 10.7 Å². The van der Waals surface area contributed by atoms with Gasteiger partial charge >= 0.3 is 0 Å². The minimum absolute atomic E-state index is 0.0622. The first-order chi connectivity index (χ1) is 10.1. The molecule has 1 aliphatic rings. The quantitative estimate of drug-likeness (QED) is 0.865. The lowest BCUT2D eigenvalue weighted by Gasteiger charge is -2.14. The summed E-state index contributed by atoms with van der Waals surface area (Å²) < 4.78 is 5.09. The first kappa shape index (κ1) is 15.2. The molecule has 112 valence electrons. The van der Waals surface area contributed by atoms with Crippen LogP contribution in [0.1, 0.15) is 31.7 Å². The Morgan fingerprint density at radius 3 is 2.62 bits per heavy atom. The normalized spacial score (nSPS) is 15.9. The lowest BCUT2D eigenvalue weighted by Crippen LogP contribution is -2.28. The van der Waals surface area contributed by atoms with Crippen LogP contribution in [0.15, 0.2) is 29.4 Å². The molecule has 2 N–H and O–H groups in total. The van der Waals surface area contributed by atoms with Crippen molar-refractivity contribution in [2.45, 2.75) is 32.3 Å². The fourth-order valence-corrected chi connectivity index (χ4v) is 2.11. The van der Waals surface area contributed by atoms with Crippen molar-refractivity contribution >= 4 is 23.2 Å². The average molecular weight is 289 g/mol. The van der Waals surface area contributed by atoms with Crippen LogP contribution in [0.3, 0.4) is 0 Å². The summed E-state index contributed by atoms with van der Waals surface area (Å²) >= 11 is 0. The van der Waals surface area contributed by atoms with E-state index in [-0.39, 0.29) is 11.8 Å². The number of nitrogens with one attached hydrogen (secondary N) is 2. The molecule has 0 spiro atoms. The van der Waals surface area contributed by atoms with E-state index in [1.165, 1.54) is 7.11 Å². The van der Waals surface area contributed by atoms with E-state index in [1.807, 2.05) is 31.2 Å². The highest BCUT2D eigenvalue weighted by Crippen LogP contribution is 2.15. The lowest BCUT2D eigenvalue weighted by molar-refractivity contribution is -0.125. The number of amides is 2. The molecule has 1 atom stereocenters.